The third-order valence-corrected chi connectivity index (χ3v) is 7.09. The van der Waals surface area contributed by atoms with Gasteiger partial charge in [-0.15, -0.1) is 0 Å². The molecular formula is C31H32N6O. The second-order valence-electron chi connectivity index (χ2n) is 9.44. The number of nitrogens with two attached hydrogens (primary N) is 2. The molecule has 0 aliphatic heterocycles. The van der Waals surface area contributed by atoms with E-state index in [4.69, 9.17) is 21.4 Å². The fraction of sp³-hybridized carbons (Fsp3) is 0.226. The van der Waals surface area contributed by atoms with Crippen LogP contribution in [0, 0.1) is 0 Å². The number of fused-ring (bicyclic) bond motifs is 1. The van der Waals surface area contributed by atoms with Gasteiger partial charge in [0.25, 0.3) is 0 Å². The van der Waals surface area contributed by atoms with E-state index in [9.17, 15) is 4.79 Å². The summed E-state index contributed by atoms with van der Waals surface area (Å²) in [5, 5.41) is 0. The number of carbonyl (C=O) groups excluding carboxylic acids is 1. The van der Waals surface area contributed by atoms with Crippen molar-refractivity contribution in [3.63, 3.8) is 0 Å². The SMILES string of the molecule is CC.CC(=O)c1cccc(-c2ccc3nc(-c4cccnc4N)n(-c4ccc(C5(N)CCC5)cc4)c3n2)c1. The molecular weight excluding hydrogens is 472 g/mol. The van der Waals surface area contributed by atoms with Gasteiger partial charge in [0.15, 0.2) is 17.3 Å². The molecule has 0 bridgehead atoms. The monoisotopic (exact) mass is 504 g/mol. The maximum Gasteiger partial charge on any atom is 0.165 e. The molecule has 192 valence electrons. The van der Waals surface area contributed by atoms with Gasteiger partial charge in [-0.1, -0.05) is 44.2 Å². The van der Waals surface area contributed by atoms with Crippen LogP contribution in [0.4, 0.5) is 5.82 Å². The van der Waals surface area contributed by atoms with Crippen LogP contribution in [-0.4, -0.2) is 25.3 Å². The number of benzene rings is 2. The molecule has 0 saturated heterocycles. The minimum atomic E-state index is -0.237. The number of hydrogen-bond acceptors (Lipinski definition) is 6. The fourth-order valence-electron chi connectivity index (χ4n) is 4.84. The first-order valence-electron chi connectivity index (χ1n) is 13.0. The van der Waals surface area contributed by atoms with E-state index in [1.54, 1.807) is 13.1 Å². The van der Waals surface area contributed by atoms with E-state index in [0.717, 1.165) is 52.9 Å². The number of anilines is 1. The lowest BCUT2D eigenvalue weighted by atomic mass is 9.73. The molecule has 0 spiro atoms. The van der Waals surface area contributed by atoms with Crippen molar-refractivity contribution in [2.45, 2.75) is 45.6 Å². The molecule has 6 rings (SSSR count). The number of hydrogen-bond donors (Lipinski definition) is 2. The van der Waals surface area contributed by atoms with E-state index in [2.05, 4.69) is 29.2 Å². The molecule has 5 aromatic rings. The van der Waals surface area contributed by atoms with Gasteiger partial charge in [0.05, 0.1) is 11.3 Å². The lowest BCUT2D eigenvalue weighted by Crippen LogP contribution is -2.43. The van der Waals surface area contributed by atoms with Gasteiger partial charge in [0.2, 0.25) is 0 Å². The van der Waals surface area contributed by atoms with Crippen LogP contribution in [0.1, 0.15) is 56.0 Å². The normalized spacial score (nSPS) is 13.9. The summed E-state index contributed by atoms with van der Waals surface area (Å²) in [6.45, 7) is 5.56. The maximum absolute atomic E-state index is 11.9. The highest BCUT2D eigenvalue weighted by Gasteiger charge is 2.34. The summed E-state index contributed by atoms with van der Waals surface area (Å²) >= 11 is 0. The highest BCUT2D eigenvalue weighted by molar-refractivity contribution is 5.95. The summed E-state index contributed by atoms with van der Waals surface area (Å²) in [5.41, 5.74) is 19.1. The number of aromatic nitrogens is 4. The van der Waals surface area contributed by atoms with Gasteiger partial charge in [-0.25, -0.2) is 15.0 Å². The van der Waals surface area contributed by atoms with Crippen LogP contribution >= 0.6 is 0 Å². The predicted octanol–water partition coefficient (Wildman–Crippen LogP) is 6.30. The van der Waals surface area contributed by atoms with Crippen molar-refractivity contribution in [1.29, 1.82) is 0 Å². The summed E-state index contributed by atoms with van der Waals surface area (Å²) in [7, 11) is 0. The third kappa shape index (κ3) is 4.46. The first-order valence-corrected chi connectivity index (χ1v) is 13.0. The first kappa shape index (κ1) is 25.3. The van der Waals surface area contributed by atoms with E-state index in [0.29, 0.717) is 22.9 Å². The molecule has 1 aliphatic rings. The Morgan fingerprint density at radius 2 is 1.71 bits per heavy atom. The van der Waals surface area contributed by atoms with Gasteiger partial charge >= 0.3 is 0 Å². The van der Waals surface area contributed by atoms with Gasteiger partial charge in [0.1, 0.15) is 11.3 Å². The van der Waals surface area contributed by atoms with Crippen molar-refractivity contribution >= 4 is 22.8 Å². The fourth-order valence-corrected chi connectivity index (χ4v) is 4.84. The van der Waals surface area contributed by atoms with Crippen LogP contribution in [0.3, 0.4) is 0 Å². The van der Waals surface area contributed by atoms with Crippen LogP contribution in [0.2, 0.25) is 0 Å². The lowest BCUT2D eigenvalue weighted by Gasteiger charge is -2.38. The summed E-state index contributed by atoms with van der Waals surface area (Å²) < 4.78 is 2.01. The average molecular weight is 505 g/mol. The Bertz CT molecular complexity index is 1620. The van der Waals surface area contributed by atoms with Gasteiger partial charge in [-0.05, 0) is 74.2 Å². The molecule has 1 fully saturated rings. The molecule has 1 saturated carbocycles. The van der Waals surface area contributed by atoms with Crippen molar-refractivity contribution in [1.82, 2.24) is 19.5 Å². The molecule has 2 aromatic carbocycles. The molecule has 1 aliphatic carbocycles. The van der Waals surface area contributed by atoms with E-state index >= 15 is 0 Å². The second kappa shape index (κ2) is 10.2. The van der Waals surface area contributed by atoms with Gasteiger partial charge in [-0.2, -0.15) is 0 Å². The largest absolute Gasteiger partial charge is 0.383 e. The number of nitrogens with zero attached hydrogens (tertiary/aromatic N) is 4. The van der Waals surface area contributed by atoms with Crippen LogP contribution in [0.25, 0.3) is 39.5 Å². The van der Waals surface area contributed by atoms with Crippen molar-refractivity contribution in [2.24, 2.45) is 5.73 Å². The van der Waals surface area contributed by atoms with Crippen molar-refractivity contribution in [3.05, 3.63) is 90.1 Å². The number of carbonyl (C=O) groups is 1. The molecule has 0 atom stereocenters. The summed E-state index contributed by atoms with van der Waals surface area (Å²) in [5.74, 6) is 1.08. The zero-order chi connectivity index (χ0) is 26.9. The van der Waals surface area contributed by atoms with Crippen molar-refractivity contribution < 1.29 is 4.79 Å². The van der Waals surface area contributed by atoms with Crippen molar-refractivity contribution in [2.75, 3.05) is 5.73 Å². The molecule has 0 unspecified atom stereocenters. The minimum Gasteiger partial charge on any atom is -0.383 e. The lowest BCUT2D eigenvalue weighted by molar-refractivity contribution is 0.101. The Balaban J connectivity index is 0.00000144. The zero-order valence-electron chi connectivity index (χ0n) is 22.0. The maximum atomic E-state index is 11.9. The number of Topliss-reactive ketones (excluding diaryl/α,β-unsaturated/α-hetero) is 1. The Hall–Kier alpha value is -4.36. The Kier molecular flexibility index (Phi) is 6.78. The van der Waals surface area contributed by atoms with E-state index in [-0.39, 0.29) is 11.3 Å². The first-order chi connectivity index (χ1) is 18.4. The van der Waals surface area contributed by atoms with E-state index in [1.807, 2.05) is 66.9 Å². The number of imidazole rings is 1. The molecule has 3 heterocycles. The molecule has 7 nitrogen and oxygen atoms in total. The molecule has 4 N–H and O–H groups in total. The van der Waals surface area contributed by atoms with Crippen LogP contribution in [0.5, 0.6) is 0 Å². The highest BCUT2D eigenvalue weighted by atomic mass is 16.1. The van der Waals surface area contributed by atoms with Crippen LogP contribution in [-0.2, 0) is 5.54 Å². The summed E-state index contributed by atoms with van der Waals surface area (Å²) in [6, 6.07) is 23.4. The number of ketones is 1. The van der Waals surface area contributed by atoms with Gasteiger partial charge in [-0.3, -0.25) is 9.36 Å². The Labute approximate surface area is 222 Å². The minimum absolute atomic E-state index is 0.0153. The van der Waals surface area contributed by atoms with E-state index < -0.39 is 0 Å². The third-order valence-electron chi connectivity index (χ3n) is 7.09. The van der Waals surface area contributed by atoms with E-state index in [1.165, 1.54) is 0 Å². The van der Waals surface area contributed by atoms with Gasteiger partial charge < -0.3 is 11.5 Å². The molecule has 0 amide bonds. The summed E-state index contributed by atoms with van der Waals surface area (Å²) in [4.78, 5) is 26.1. The number of pyridine rings is 2. The molecule has 7 heteroatoms. The second-order valence-corrected chi connectivity index (χ2v) is 9.44. The smallest absolute Gasteiger partial charge is 0.165 e. The highest BCUT2D eigenvalue weighted by Crippen LogP contribution is 2.39. The molecule has 38 heavy (non-hydrogen) atoms. The molecule has 3 aromatic heterocycles. The Morgan fingerprint density at radius 1 is 0.947 bits per heavy atom. The number of nitrogen functional groups attached to an aromatic ring is 1. The molecule has 0 radical (unpaired) electrons. The van der Waals surface area contributed by atoms with Crippen molar-refractivity contribution in [3.8, 4) is 28.3 Å². The summed E-state index contributed by atoms with van der Waals surface area (Å²) in [6.07, 6.45) is 4.83. The number of rotatable bonds is 5. The topological polar surface area (TPSA) is 113 Å². The quantitative estimate of drug-likeness (QED) is 0.272. The predicted molar refractivity (Wildman–Crippen MR) is 153 cm³/mol. The Morgan fingerprint density at radius 3 is 2.37 bits per heavy atom. The average Bonchev–Trinajstić information content (AvgIpc) is 3.31. The van der Waals surface area contributed by atoms with Gasteiger partial charge in [0, 0.05) is 28.6 Å². The zero-order valence-corrected chi connectivity index (χ0v) is 22.0. The standard InChI is InChI=1S/C29H26N6O.C2H6/c1-18(36)19-5-2-6-20(17-19)24-12-13-25-28(33-24)35(27(34-25)23-7-3-16-32-26(23)30)22-10-8-21(9-11-22)29(31)14-4-15-29;1-2/h2-3,5-13,16-17H,4,14-15,31H2,1H3,(H2,30,32);1-2H3. The van der Waals surface area contributed by atoms with Crippen LogP contribution in [0.15, 0.2) is 79.0 Å². The van der Waals surface area contributed by atoms with Crippen LogP contribution < -0.4 is 11.5 Å².